The van der Waals surface area contributed by atoms with Crippen LogP contribution in [0.5, 0.6) is 5.75 Å². The van der Waals surface area contributed by atoms with Crippen molar-refractivity contribution >= 4 is 11.9 Å². The third-order valence-electron chi connectivity index (χ3n) is 3.01. The van der Waals surface area contributed by atoms with Crippen LogP contribution in [-0.4, -0.2) is 24.0 Å². The molecule has 26 heavy (non-hydrogen) atoms. The second-order valence-electron chi connectivity index (χ2n) is 4.99. The van der Waals surface area contributed by atoms with E-state index in [4.69, 9.17) is 0 Å². The van der Waals surface area contributed by atoms with Gasteiger partial charge in [-0.05, 0) is 13.3 Å². The summed E-state index contributed by atoms with van der Waals surface area (Å²) in [6, 6.07) is 0. The lowest BCUT2D eigenvalue weighted by Crippen LogP contribution is -2.46. The minimum Gasteiger partial charge on any atom is -0.452 e. The van der Waals surface area contributed by atoms with Gasteiger partial charge >= 0.3 is 17.9 Å². The Hall–Kier alpha value is -2.59. The van der Waals surface area contributed by atoms with E-state index in [1.165, 1.54) is 0 Å². The number of alkyl halides is 2. The average Bonchev–Trinajstić information content (AvgIpc) is 2.58. The molecule has 144 valence electrons. The number of hydrogen-bond donors (Lipinski definition) is 0. The van der Waals surface area contributed by atoms with Crippen LogP contribution < -0.4 is 4.74 Å². The van der Waals surface area contributed by atoms with E-state index in [1.54, 1.807) is 0 Å². The van der Waals surface area contributed by atoms with Gasteiger partial charge in [0.2, 0.25) is 34.8 Å². The zero-order valence-corrected chi connectivity index (χ0v) is 13.3. The third-order valence-corrected chi connectivity index (χ3v) is 3.01. The lowest BCUT2D eigenvalue weighted by atomic mass is 10.1. The number of ether oxygens (including phenoxy) is 2. The summed E-state index contributed by atoms with van der Waals surface area (Å²) >= 11 is 0. The smallest absolute Gasteiger partial charge is 0.386 e. The van der Waals surface area contributed by atoms with Gasteiger partial charge in [-0.3, -0.25) is 0 Å². The molecule has 0 aliphatic heterocycles. The first-order chi connectivity index (χ1) is 11.9. The van der Waals surface area contributed by atoms with Crippen LogP contribution in [0.2, 0.25) is 0 Å². The molecule has 0 heterocycles. The van der Waals surface area contributed by atoms with E-state index >= 15 is 0 Å². The zero-order valence-electron chi connectivity index (χ0n) is 13.3. The molecule has 0 amide bonds. The van der Waals surface area contributed by atoms with Crippen LogP contribution in [0.1, 0.15) is 20.3 Å². The molecule has 0 saturated heterocycles. The number of esters is 2. The minimum atomic E-state index is -4.65. The van der Waals surface area contributed by atoms with Crippen molar-refractivity contribution in [1.82, 2.24) is 0 Å². The molecule has 1 aromatic carbocycles. The van der Waals surface area contributed by atoms with E-state index in [0.717, 1.165) is 13.8 Å². The Morgan fingerprint density at radius 3 is 1.81 bits per heavy atom. The van der Waals surface area contributed by atoms with Crippen LogP contribution in [0.4, 0.5) is 30.7 Å². The molecule has 0 aliphatic carbocycles. The summed E-state index contributed by atoms with van der Waals surface area (Å²) in [5.74, 6) is -23.6. The van der Waals surface area contributed by atoms with E-state index in [-0.39, 0.29) is 5.57 Å². The second-order valence-corrected chi connectivity index (χ2v) is 4.99. The molecule has 0 saturated carbocycles. The maximum atomic E-state index is 14.0. The SMILES string of the molecule is C=C(C)C(=O)OC(CC)C(F)(F)C(=O)Oc1c(F)c(F)c(F)c(F)c1F. The number of carbonyl (C=O) groups excluding carboxylic acids is 2. The largest absolute Gasteiger partial charge is 0.452 e. The number of benzene rings is 1. The normalized spacial score (nSPS) is 12.5. The van der Waals surface area contributed by atoms with Crippen molar-refractivity contribution in [2.24, 2.45) is 0 Å². The van der Waals surface area contributed by atoms with Crippen molar-refractivity contribution < 1.29 is 49.8 Å². The van der Waals surface area contributed by atoms with Gasteiger partial charge in [0.15, 0.2) is 6.10 Å². The van der Waals surface area contributed by atoms with Crippen molar-refractivity contribution in [3.8, 4) is 5.75 Å². The molecular formula is C15H11F7O4. The number of hydrogen-bond acceptors (Lipinski definition) is 4. The summed E-state index contributed by atoms with van der Waals surface area (Å²) in [7, 11) is 0. The van der Waals surface area contributed by atoms with Gasteiger partial charge in [0.1, 0.15) is 0 Å². The Bertz CT molecular complexity index is 732. The number of rotatable bonds is 6. The van der Waals surface area contributed by atoms with Crippen molar-refractivity contribution in [3.05, 3.63) is 41.2 Å². The van der Waals surface area contributed by atoms with Gasteiger partial charge in [-0.2, -0.15) is 17.6 Å². The first-order valence-electron chi connectivity index (χ1n) is 6.84. The average molecular weight is 388 g/mol. The van der Waals surface area contributed by atoms with Gasteiger partial charge in [0.25, 0.3) is 0 Å². The van der Waals surface area contributed by atoms with Crippen LogP contribution in [0.3, 0.4) is 0 Å². The maximum Gasteiger partial charge on any atom is 0.386 e. The lowest BCUT2D eigenvalue weighted by Gasteiger charge is -2.24. The van der Waals surface area contributed by atoms with E-state index < -0.39 is 65.2 Å². The molecule has 0 fully saturated rings. The molecule has 1 atom stereocenters. The summed E-state index contributed by atoms with van der Waals surface area (Å²) in [4.78, 5) is 22.8. The van der Waals surface area contributed by atoms with Gasteiger partial charge in [-0.1, -0.05) is 13.5 Å². The fraction of sp³-hybridized carbons (Fsp3) is 0.333. The summed E-state index contributed by atoms with van der Waals surface area (Å²) in [5, 5.41) is 0. The highest BCUT2D eigenvalue weighted by atomic mass is 19.3. The van der Waals surface area contributed by atoms with Crippen LogP contribution in [0, 0.1) is 29.1 Å². The van der Waals surface area contributed by atoms with Crippen LogP contribution in [-0.2, 0) is 14.3 Å². The number of halogens is 7. The zero-order chi connectivity index (χ0) is 20.4. The quantitative estimate of drug-likeness (QED) is 0.186. The van der Waals surface area contributed by atoms with Gasteiger partial charge in [0.05, 0.1) is 0 Å². The fourth-order valence-electron chi connectivity index (χ4n) is 1.61. The highest BCUT2D eigenvalue weighted by Gasteiger charge is 2.51. The summed E-state index contributed by atoms with van der Waals surface area (Å²) < 4.78 is 102. The molecule has 0 radical (unpaired) electrons. The first kappa shape index (κ1) is 21.5. The van der Waals surface area contributed by atoms with Crippen LogP contribution in [0.15, 0.2) is 12.2 Å². The van der Waals surface area contributed by atoms with Crippen LogP contribution in [0.25, 0.3) is 0 Å². The monoisotopic (exact) mass is 388 g/mol. The Morgan fingerprint density at radius 2 is 1.42 bits per heavy atom. The summed E-state index contributed by atoms with van der Waals surface area (Å²) in [6.45, 7) is 5.34. The summed E-state index contributed by atoms with van der Waals surface area (Å²) in [6.07, 6.45) is -3.07. The van der Waals surface area contributed by atoms with Gasteiger partial charge < -0.3 is 9.47 Å². The molecule has 1 aromatic rings. The highest BCUT2D eigenvalue weighted by molar-refractivity contribution is 5.88. The minimum absolute atomic E-state index is 0.285. The van der Waals surface area contributed by atoms with Gasteiger partial charge in [0, 0.05) is 5.57 Å². The molecule has 0 bridgehead atoms. The highest BCUT2D eigenvalue weighted by Crippen LogP contribution is 2.32. The van der Waals surface area contributed by atoms with Crippen LogP contribution >= 0.6 is 0 Å². The first-order valence-corrected chi connectivity index (χ1v) is 6.84. The molecule has 1 unspecified atom stereocenters. The molecule has 0 N–H and O–H groups in total. The fourth-order valence-corrected chi connectivity index (χ4v) is 1.61. The van der Waals surface area contributed by atoms with Crippen molar-refractivity contribution in [1.29, 1.82) is 0 Å². The molecule has 1 rings (SSSR count). The standard InChI is InChI=1S/C15H11F7O4/c1-4-6(25-13(23)5(2)3)15(21,22)14(24)26-12-10(19)8(17)7(16)9(18)11(12)20/h6H,2,4H2,1,3H3. The predicted octanol–water partition coefficient (Wildman–Crippen LogP) is 3.82. The Labute approximate surface area is 142 Å². The third kappa shape index (κ3) is 3.97. The molecule has 0 spiro atoms. The number of carbonyl (C=O) groups is 2. The van der Waals surface area contributed by atoms with E-state index in [9.17, 15) is 40.3 Å². The van der Waals surface area contributed by atoms with E-state index in [2.05, 4.69) is 16.1 Å². The molecule has 11 heteroatoms. The maximum absolute atomic E-state index is 14.0. The molecule has 0 aliphatic rings. The Morgan fingerprint density at radius 1 is 1.00 bits per heavy atom. The lowest BCUT2D eigenvalue weighted by molar-refractivity contribution is -0.190. The van der Waals surface area contributed by atoms with Crippen molar-refractivity contribution in [2.45, 2.75) is 32.3 Å². The second kappa shape index (κ2) is 7.75. The summed E-state index contributed by atoms with van der Waals surface area (Å²) in [5.41, 5.74) is -0.285. The molecular weight excluding hydrogens is 377 g/mol. The topological polar surface area (TPSA) is 52.6 Å². The van der Waals surface area contributed by atoms with Crippen molar-refractivity contribution in [3.63, 3.8) is 0 Å². The molecule has 4 nitrogen and oxygen atoms in total. The molecule has 0 aromatic heterocycles. The van der Waals surface area contributed by atoms with Crippen molar-refractivity contribution in [2.75, 3.05) is 0 Å². The Kier molecular flexibility index (Phi) is 6.39. The van der Waals surface area contributed by atoms with E-state index in [0.29, 0.717) is 0 Å². The van der Waals surface area contributed by atoms with Gasteiger partial charge in [-0.25, -0.2) is 22.8 Å². The van der Waals surface area contributed by atoms with E-state index in [1.807, 2.05) is 0 Å². The Balaban J connectivity index is 3.20. The van der Waals surface area contributed by atoms with Gasteiger partial charge in [-0.15, -0.1) is 0 Å². The predicted molar refractivity (Wildman–Crippen MR) is 71.8 cm³/mol.